The number of nitrogen functional groups attached to an aromatic ring is 1. The van der Waals surface area contributed by atoms with Crippen LogP contribution in [0.4, 0.5) is 5.82 Å². The van der Waals surface area contributed by atoms with Crippen molar-refractivity contribution in [2.24, 2.45) is 0 Å². The summed E-state index contributed by atoms with van der Waals surface area (Å²) in [7, 11) is 1.56. The molecule has 4 aromatic rings. The lowest BCUT2D eigenvalue weighted by Gasteiger charge is -2.42. The van der Waals surface area contributed by atoms with Gasteiger partial charge in [0.25, 0.3) is 5.91 Å². The minimum Gasteiger partial charge on any atom is -0.496 e. The number of para-hydroxylation sites is 1. The number of rotatable bonds is 7. The number of hydrogen-bond acceptors (Lipinski definition) is 8. The topological polar surface area (TPSA) is 120 Å². The number of nitrogens with zero attached hydrogens (tertiary/aromatic N) is 5. The maximum atomic E-state index is 12.7. The number of aromatic nitrogens is 4. The Bertz CT molecular complexity index is 1450. The number of carbonyl (C=O) groups excluding carboxylic acids is 1. The van der Waals surface area contributed by atoms with Crippen molar-refractivity contribution in [1.29, 1.82) is 0 Å². The summed E-state index contributed by atoms with van der Waals surface area (Å²) in [6, 6.07) is 15.9. The Morgan fingerprint density at radius 2 is 1.95 bits per heavy atom. The highest BCUT2D eigenvalue weighted by Crippen LogP contribution is 2.34. The fourth-order valence-electron chi connectivity index (χ4n) is 5.29. The van der Waals surface area contributed by atoms with Gasteiger partial charge in [0.2, 0.25) is 0 Å². The Morgan fingerprint density at radius 3 is 2.71 bits per heavy atom. The van der Waals surface area contributed by atoms with E-state index in [4.69, 9.17) is 20.3 Å². The molecule has 2 fully saturated rings. The van der Waals surface area contributed by atoms with Crippen LogP contribution in [-0.4, -0.2) is 70.0 Å². The summed E-state index contributed by atoms with van der Waals surface area (Å²) in [5, 5.41) is 8.77. The van der Waals surface area contributed by atoms with Crippen LogP contribution in [-0.2, 0) is 11.3 Å². The van der Waals surface area contributed by atoms with E-state index >= 15 is 0 Å². The Morgan fingerprint density at radius 1 is 1.13 bits per heavy atom. The molecule has 0 bridgehead atoms. The van der Waals surface area contributed by atoms with E-state index in [9.17, 15) is 4.79 Å². The van der Waals surface area contributed by atoms with Crippen molar-refractivity contribution in [3.8, 4) is 17.0 Å². The van der Waals surface area contributed by atoms with Crippen LogP contribution in [0.5, 0.6) is 5.75 Å². The maximum Gasteiger partial charge on any atom is 0.255 e. The van der Waals surface area contributed by atoms with Crippen LogP contribution in [0.25, 0.3) is 22.3 Å². The molecule has 0 radical (unpaired) electrons. The number of methoxy groups -OCH3 is 1. The molecule has 10 nitrogen and oxygen atoms in total. The number of amides is 1. The van der Waals surface area contributed by atoms with Gasteiger partial charge in [-0.3, -0.25) is 9.69 Å². The lowest BCUT2D eigenvalue weighted by molar-refractivity contribution is -0.0755. The minimum atomic E-state index is -0.184. The van der Waals surface area contributed by atoms with Gasteiger partial charge in [0.05, 0.1) is 43.4 Å². The second kappa shape index (κ2) is 10.4. The number of benzene rings is 2. The average molecular weight is 514 g/mol. The van der Waals surface area contributed by atoms with Gasteiger partial charge < -0.3 is 20.5 Å². The fraction of sp³-hybridized carbons (Fsp3) is 0.357. The highest BCUT2D eigenvalue weighted by Gasteiger charge is 2.32. The van der Waals surface area contributed by atoms with Gasteiger partial charge >= 0.3 is 0 Å². The second-order valence-corrected chi connectivity index (χ2v) is 9.81. The third-order valence-electron chi connectivity index (χ3n) is 7.46. The van der Waals surface area contributed by atoms with E-state index in [0.29, 0.717) is 29.7 Å². The number of ether oxygens (including phenoxy) is 2. The molecule has 2 aromatic heterocycles. The summed E-state index contributed by atoms with van der Waals surface area (Å²) in [5.41, 5.74) is 10.3. The van der Waals surface area contributed by atoms with Crippen molar-refractivity contribution in [2.45, 2.75) is 31.5 Å². The number of nitrogens with one attached hydrogen (secondary N) is 1. The van der Waals surface area contributed by atoms with E-state index in [1.807, 2.05) is 41.1 Å². The average Bonchev–Trinajstić information content (AvgIpc) is 3.32. The molecule has 1 atom stereocenters. The van der Waals surface area contributed by atoms with E-state index in [1.54, 1.807) is 19.2 Å². The van der Waals surface area contributed by atoms with Crippen LogP contribution in [0.1, 0.15) is 34.8 Å². The van der Waals surface area contributed by atoms with Gasteiger partial charge in [0.15, 0.2) is 5.65 Å². The summed E-state index contributed by atoms with van der Waals surface area (Å²) >= 11 is 0. The summed E-state index contributed by atoms with van der Waals surface area (Å²) in [6.07, 6.45) is 3.65. The summed E-state index contributed by atoms with van der Waals surface area (Å²) in [5.74, 6) is 0.783. The molecular formula is C28H31N7O3. The predicted molar refractivity (Wildman–Crippen MR) is 144 cm³/mol. The smallest absolute Gasteiger partial charge is 0.255 e. The highest BCUT2D eigenvalue weighted by molar-refractivity contribution is 5.98. The van der Waals surface area contributed by atoms with E-state index in [1.165, 1.54) is 6.33 Å². The molecule has 1 unspecified atom stereocenters. The lowest BCUT2D eigenvalue weighted by atomic mass is 10.0. The molecule has 4 heterocycles. The van der Waals surface area contributed by atoms with Gasteiger partial charge in [-0.15, -0.1) is 0 Å². The van der Waals surface area contributed by atoms with Crippen molar-refractivity contribution in [3.63, 3.8) is 0 Å². The summed E-state index contributed by atoms with van der Waals surface area (Å²) in [6.45, 7) is 4.00. The monoisotopic (exact) mass is 513 g/mol. The van der Waals surface area contributed by atoms with Crippen LogP contribution in [0.2, 0.25) is 0 Å². The molecule has 38 heavy (non-hydrogen) atoms. The number of likely N-dealkylation sites (tertiary alicyclic amines) is 1. The molecule has 0 saturated carbocycles. The molecule has 2 aliphatic rings. The molecule has 2 aromatic carbocycles. The minimum absolute atomic E-state index is 0.184. The quantitative estimate of drug-likeness (QED) is 0.387. The van der Waals surface area contributed by atoms with E-state index in [0.717, 1.165) is 67.0 Å². The lowest BCUT2D eigenvalue weighted by Crippen LogP contribution is -2.52. The molecule has 0 spiro atoms. The third-order valence-corrected chi connectivity index (χ3v) is 7.46. The van der Waals surface area contributed by atoms with Crippen LogP contribution in [0, 0.1) is 0 Å². The summed E-state index contributed by atoms with van der Waals surface area (Å²) < 4.78 is 12.8. The molecule has 0 aliphatic carbocycles. The number of anilines is 1. The summed E-state index contributed by atoms with van der Waals surface area (Å²) in [4.78, 5) is 24.0. The predicted octanol–water partition coefficient (Wildman–Crippen LogP) is 3.05. The number of fused-ring (bicyclic) bond motifs is 1. The SMILES string of the molecule is COc1ccccc1C(=O)NCc1ccc(-c2nn(C3CCCN(C4COC4)C3)c3ncnc(N)c23)cc1. The van der Waals surface area contributed by atoms with E-state index < -0.39 is 0 Å². The van der Waals surface area contributed by atoms with Crippen molar-refractivity contribution in [1.82, 2.24) is 30.0 Å². The molecule has 3 N–H and O–H groups in total. The van der Waals surface area contributed by atoms with Crippen molar-refractivity contribution in [3.05, 3.63) is 66.0 Å². The van der Waals surface area contributed by atoms with Crippen LogP contribution in [0.3, 0.4) is 0 Å². The van der Waals surface area contributed by atoms with Crippen LogP contribution >= 0.6 is 0 Å². The van der Waals surface area contributed by atoms with E-state index in [2.05, 4.69) is 20.2 Å². The number of hydrogen-bond donors (Lipinski definition) is 2. The number of piperidine rings is 1. The van der Waals surface area contributed by atoms with Gasteiger partial charge in [-0.05, 0) is 37.1 Å². The van der Waals surface area contributed by atoms with E-state index in [-0.39, 0.29) is 11.9 Å². The Kier molecular flexibility index (Phi) is 6.65. The standard InChI is InChI=1S/C28H31N7O3/c1-37-23-7-3-2-6-22(23)28(36)30-13-18-8-10-19(11-9-18)25-24-26(29)31-17-32-27(24)35(33-25)20-5-4-12-34(14-20)21-15-38-16-21/h2-3,6-11,17,20-21H,4-5,12-16H2,1H3,(H,30,36)(H2,29,31,32). The van der Waals surface area contributed by atoms with Gasteiger partial charge in [-0.2, -0.15) is 5.10 Å². The zero-order valence-corrected chi connectivity index (χ0v) is 21.3. The zero-order chi connectivity index (χ0) is 26.1. The van der Waals surface area contributed by atoms with Crippen molar-refractivity contribution in [2.75, 3.05) is 39.1 Å². The first kappa shape index (κ1) is 24.3. The van der Waals surface area contributed by atoms with Gasteiger partial charge in [-0.1, -0.05) is 36.4 Å². The Hall–Kier alpha value is -4.02. The number of carbonyl (C=O) groups is 1. The van der Waals surface area contributed by atoms with Crippen LogP contribution < -0.4 is 15.8 Å². The first-order chi connectivity index (χ1) is 18.6. The first-order valence-corrected chi connectivity index (χ1v) is 12.9. The number of nitrogens with two attached hydrogens (primary N) is 1. The zero-order valence-electron chi connectivity index (χ0n) is 21.3. The Balaban J connectivity index is 1.23. The van der Waals surface area contributed by atoms with Gasteiger partial charge in [0, 0.05) is 18.7 Å². The highest BCUT2D eigenvalue weighted by atomic mass is 16.5. The third kappa shape index (κ3) is 4.57. The normalized spacial score (nSPS) is 18.3. The second-order valence-electron chi connectivity index (χ2n) is 9.81. The van der Waals surface area contributed by atoms with Gasteiger partial charge in [-0.25, -0.2) is 14.6 Å². The molecule has 1 amide bonds. The molecule has 2 saturated heterocycles. The van der Waals surface area contributed by atoms with Gasteiger partial charge in [0.1, 0.15) is 23.6 Å². The Labute approximate surface area is 220 Å². The fourth-order valence-corrected chi connectivity index (χ4v) is 5.29. The molecule has 196 valence electrons. The molecule has 6 rings (SSSR count). The largest absolute Gasteiger partial charge is 0.496 e. The molecule has 10 heteroatoms. The molecular weight excluding hydrogens is 482 g/mol. The van der Waals surface area contributed by atoms with Crippen LogP contribution in [0.15, 0.2) is 54.9 Å². The maximum absolute atomic E-state index is 12.7. The van der Waals surface area contributed by atoms with Crippen molar-refractivity contribution >= 4 is 22.8 Å². The first-order valence-electron chi connectivity index (χ1n) is 12.9. The molecule has 2 aliphatic heterocycles. The van der Waals surface area contributed by atoms with Crippen molar-refractivity contribution < 1.29 is 14.3 Å².